The third-order valence-corrected chi connectivity index (χ3v) is 4.52. The third-order valence-electron chi connectivity index (χ3n) is 4.52. The molecule has 152 valence electrons. The Balaban J connectivity index is 0.00000280. The average Bonchev–Trinajstić information content (AvgIpc) is 2.62. The van der Waals surface area contributed by atoms with Gasteiger partial charge in [-0.15, -0.1) is 12.4 Å². The SMILES string of the molecule is COc1cc(CN2CCCc3c(N)cccc32)c([N+](=O)[O-])cc1OC(F)F.Cl. The van der Waals surface area contributed by atoms with Crippen LogP contribution in [0.2, 0.25) is 0 Å². The van der Waals surface area contributed by atoms with Crippen molar-refractivity contribution in [3.05, 3.63) is 51.6 Å². The first-order valence-corrected chi connectivity index (χ1v) is 8.33. The highest BCUT2D eigenvalue weighted by molar-refractivity contribution is 5.85. The second-order valence-corrected chi connectivity index (χ2v) is 6.14. The third kappa shape index (κ3) is 4.36. The Kier molecular flexibility index (Phi) is 6.85. The van der Waals surface area contributed by atoms with Crippen LogP contribution in [-0.2, 0) is 13.0 Å². The molecule has 0 saturated heterocycles. The maximum atomic E-state index is 12.6. The van der Waals surface area contributed by atoms with Crippen molar-refractivity contribution in [1.29, 1.82) is 0 Å². The molecule has 0 fully saturated rings. The number of nitro groups is 1. The monoisotopic (exact) mass is 415 g/mol. The first-order chi connectivity index (χ1) is 12.9. The van der Waals surface area contributed by atoms with E-state index in [1.165, 1.54) is 13.2 Å². The van der Waals surface area contributed by atoms with Crippen molar-refractivity contribution in [3.63, 3.8) is 0 Å². The molecule has 0 amide bonds. The number of fused-ring (bicyclic) bond motifs is 1. The number of hydrogen-bond donors (Lipinski definition) is 1. The number of nitrogen functional groups attached to an aromatic ring is 1. The van der Waals surface area contributed by atoms with Crippen LogP contribution in [0.25, 0.3) is 0 Å². The Bertz CT molecular complexity index is 867. The summed E-state index contributed by atoms with van der Waals surface area (Å²) in [5, 5.41) is 11.5. The summed E-state index contributed by atoms with van der Waals surface area (Å²) >= 11 is 0. The van der Waals surface area contributed by atoms with Gasteiger partial charge in [0, 0.05) is 24.5 Å². The first-order valence-electron chi connectivity index (χ1n) is 8.33. The van der Waals surface area contributed by atoms with Crippen molar-refractivity contribution >= 4 is 29.5 Å². The highest BCUT2D eigenvalue weighted by Gasteiger charge is 2.25. The van der Waals surface area contributed by atoms with Crippen LogP contribution in [-0.4, -0.2) is 25.2 Å². The first kappa shape index (κ1) is 21.5. The van der Waals surface area contributed by atoms with Gasteiger partial charge in [0.05, 0.1) is 23.7 Å². The fourth-order valence-corrected chi connectivity index (χ4v) is 3.33. The molecular formula is C18H20ClF2N3O4. The van der Waals surface area contributed by atoms with E-state index >= 15 is 0 Å². The molecule has 1 aliphatic rings. The molecular weight excluding hydrogens is 396 g/mol. The number of hydrogen-bond acceptors (Lipinski definition) is 6. The van der Waals surface area contributed by atoms with Crippen LogP contribution >= 0.6 is 12.4 Å². The standard InChI is InChI=1S/C18H19F2N3O4.ClH/c1-26-16-8-11(15(23(24)25)9-17(16)27-18(19)20)10-22-7-3-4-12-13(21)5-2-6-14(12)22;/h2,5-6,8-9,18H,3-4,7,10,21H2,1H3;1H. The summed E-state index contributed by atoms with van der Waals surface area (Å²) in [6.07, 6.45) is 1.70. The number of nitro benzene ring substituents is 1. The lowest BCUT2D eigenvalue weighted by atomic mass is 9.99. The molecule has 0 aliphatic carbocycles. The molecule has 1 aliphatic heterocycles. The van der Waals surface area contributed by atoms with Crippen LogP contribution in [0.3, 0.4) is 0 Å². The molecule has 2 aromatic rings. The molecule has 0 aromatic heterocycles. The van der Waals surface area contributed by atoms with Gasteiger partial charge in [-0.3, -0.25) is 10.1 Å². The van der Waals surface area contributed by atoms with Gasteiger partial charge in [-0.25, -0.2) is 0 Å². The van der Waals surface area contributed by atoms with E-state index in [1.54, 1.807) is 0 Å². The Morgan fingerprint density at radius 3 is 2.71 bits per heavy atom. The molecule has 0 unspecified atom stereocenters. The summed E-state index contributed by atoms with van der Waals surface area (Å²) in [5.74, 6) is -0.355. The summed E-state index contributed by atoms with van der Waals surface area (Å²) in [6, 6.07) is 7.93. The van der Waals surface area contributed by atoms with Gasteiger partial charge in [-0.05, 0) is 36.6 Å². The number of alkyl halides is 2. The summed E-state index contributed by atoms with van der Waals surface area (Å²) in [4.78, 5) is 12.9. The van der Waals surface area contributed by atoms with Gasteiger partial charge >= 0.3 is 6.61 Å². The Morgan fingerprint density at radius 1 is 1.32 bits per heavy atom. The Labute approximate surface area is 166 Å². The Hall–Kier alpha value is -2.81. The maximum absolute atomic E-state index is 12.6. The number of benzene rings is 2. The second-order valence-electron chi connectivity index (χ2n) is 6.14. The highest BCUT2D eigenvalue weighted by Crippen LogP contribution is 2.38. The molecule has 3 rings (SSSR count). The predicted molar refractivity (Wildman–Crippen MR) is 104 cm³/mol. The average molecular weight is 416 g/mol. The number of methoxy groups -OCH3 is 1. The number of halogens is 3. The zero-order chi connectivity index (χ0) is 19.6. The van der Waals surface area contributed by atoms with E-state index in [0.717, 1.165) is 30.2 Å². The van der Waals surface area contributed by atoms with Gasteiger partial charge < -0.3 is 20.1 Å². The van der Waals surface area contributed by atoms with Crippen molar-refractivity contribution in [3.8, 4) is 11.5 Å². The molecule has 0 bridgehead atoms. The number of nitrogens with two attached hydrogens (primary N) is 1. The van der Waals surface area contributed by atoms with Gasteiger partial charge in [0.25, 0.3) is 5.69 Å². The zero-order valence-corrected chi connectivity index (χ0v) is 15.9. The van der Waals surface area contributed by atoms with Gasteiger partial charge in [-0.1, -0.05) is 6.07 Å². The number of ether oxygens (including phenoxy) is 2. The molecule has 1 heterocycles. The molecule has 0 radical (unpaired) electrons. The summed E-state index contributed by atoms with van der Waals surface area (Å²) in [6.45, 7) is -2.19. The van der Waals surface area contributed by atoms with Crippen molar-refractivity contribution in [2.75, 3.05) is 24.3 Å². The van der Waals surface area contributed by atoms with Gasteiger partial charge in [0.1, 0.15) is 0 Å². The molecule has 0 spiro atoms. The van der Waals surface area contributed by atoms with E-state index in [0.29, 0.717) is 17.8 Å². The van der Waals surface area contributed by atoms with Crippen LogP contribution in [0.1, 0.15) is 17.5 Å². The van der Waals surface area contributed by atoms with Gasteiger partial charge in [0.15, 0.2) is 11.5 Å². The van der Waals surface area contributed by atoms with Crippen LogP contribution in [0.4, 0.5) is 25.8 Å². The molecule has 10 heteroatoms. The minimum Gasteiger partial charge on any atom is -0.493 e. The van der Waals surface area contributed by atoms with E-state index in [-0.39, 0.29) is 36.1 Å². The zero-order valence-electron chi connectivity index (χ0n) is 15.1. The van der Waals surface area contributed by atoms with Crippen molar-refractivity contribution in [2.45, 2.75) is 26.0 Å². The van der Waals surface area contributed by atoms with Crippen LogP contribution < -0.4 is 20.1 Å². The van der Waals surface area contributed by atoms with Gasteiger partial charge in [-0.2, -0.15) is 8.78 Å². The molecule has 2 aromatic carbocycles. The molecule has 28 heavy (non-hydrogen) atoms. The topological polar surface area (TPSA) is 90.9 Å². The molecule has 0 atom stereocenters. The fourth-order valence-electron chi connectivity index (χ4n) is 3.33. The van der Waals surface area contributed by atoms with Crippen LogP contribution in [0, 0.1) is 10.1 Å². The summed E-state index contributed by atoms with van der Waals surface area (Å²) in [5.41, 5.74) is 8.70. The normalized spacial score (nSPS) is 12.9. The van der Waals surface area contributed by atoms with Crippen LogP contribution in [0.15, 0.2) is 30.3 Å². The van der Waals surface area contributed by atoms with E-state index in [9.17, 15) is 18.9 Å². The fraction of sp³-hybridized carbons (Fsp3) is 0.333. The lowest BCUT2D eigenvalue weighted by molar-refractivity contribution is -0.385. The highest BCUT2D eigenvalue weighted by atomic mass is 35.5. The van der Waals surface area contributed by atoms with E-state index < -0.39 is 11.5 Å². The summed E-state index contributed by atoms with van der Waals surface area (Å²) in [7, 11) is 1.29. The van der Waals surface area contributed by atoms with Gasteiger partial charge in [0.2, 0.25) is 0 Å². The lowest BCUT2D eigenvalue weighted by Gasteiger charge is -2.32. The quantitative estimate of drug-likeness (QED) is 0.432. The van der Waals surface area contributed by atoms with Crippen molar-refractivity contribution < 1.29 is 23.2 Å². The number of anilines is 2. The smallest absolute Gasteiger partial charge is 0.387 e. The summed E-state index contributed by atoms with van der Waals surface area (Å²) < 4.78 is 34.6. The second kappa shape index (κ2) is 8.92. The maximum Gasteiger partial charge on any atom is 0.387 e. The number of rotatable bonds is 6. The van der Waals surface area contributed by atoms with Crippen LogP contribution in [0.5, 0.6) is 11.5 Å². The van der Waals surface area contributed by atoms with E-state index in [1.807, 2.05) is 23.1 Å². The minimum atomic E-state index is -3.11. The molecule has 2 N–H and O–H groups in total. The van der Waals surface area contributed by atoms with Crippen molar-refractivity contribution in [1.82, 2.24) is 0 Å². The molecule has 0 saturated carbocycles. The van der Waals surface area contributed by atoms with E-state index in [4.69, 9.17) is 10.5 Å². The number of nitrogens with zero attached hydrogens (tertiary/aromatic N) is 2. The van der Waals surface area contributed by atoms with Crippen molar-refractivity contribution in [2.24, 2.45) is 0 Å². The Morgan fingerprint density at radius 2 is 2.07 bits per heavy atom. The predicted octanol–water partition coefficient (Wildman–Crippen LogP) is 4.16. The molecule has 7 nitrogen and oxygen atoms in total. The minimum absolute atomic E-state index is 0. The van der Waals surface area contributed by atoms with E-state index in [2.05, 4.69) is 4.74 Å². The lowest BCUT2D eigenvalue weighted by Crippen LogP contribution is -2.29. The largest absolute Gasteiger partial charge is 0.493 e.